The number of aromatic nitrogens is 3. The van der Waals surface area contributed by atoms with Crippen LogP contribution < -0.4 is 15.9 Å². The lowest BCUT2D eigenvalue weighted by molar-refractivity contribution is 0.0949. The van der Waals surface area contributed by atoms with E-state index in [1.54, 1.807) is 30.5 Å². The summed E-state index contributed by atoms with van der Waals surface area (Å²) in [5, 5.41) is 10.5. The number of carbonyl (C=O) groups is 1. The molecule has 10 heteroatoms. The standard InChI is InChI=1S/C30H26N6O3S/c37-28(27-23-13-7-8-14-24(23)29(38)36(34-27)20-21-9-3-1-4-10-21)33-31-19-25-26(22-11-5-2-6-12-22)32-30(40-25)35-15-17-39-18-16-35/h1-14,19H,15-18,20H2,(H,33,37)/b31-19-. The Kier molecular flexibility index (Phi) is 7.43. The Morgan fingerprint density at radius 1 is 0.950 bits per heavy atom. The van der Waals surface area contributed by atoms with Crippen molar-refractivity contribution in [1.29, 1.82) is 0 Å². The van der Waals surface area contributed by atoms with Gasteiger partial charge in [0, 0.05) is 24.0 Å². The molecule has 6 rings (SSSR count). The van der Waals surface area contributed by atoms with Gasteiger partial charge in [-0.05, 0) is 11.6 Å². The van der Waals surface area contributed by atoms with Crippen LogP contribution in [0.1, 0.15) is 20.9 Å². The molecule has 200 valence electrons. The molecule has 9 nitrogen and oxygen atoms in total. The third-order valence-corrected chi connectivity index (χ3v) is 7.63. The molecule has 0 saturated carbocycles. The van der Waals surface area contributed by atoms with Crippen LogP contribution in [0.15, 0.2) is 94.8 Å². The highest BCUT2D eigenvalue weighted by atomic mass is 32.1. The quantitative estimate of drug-likeness (QED) is 0.241. The number of ether oxygens (including phenoxy) is 1. The van der Waals surface area contributed by atoms with E-state index in [1.807, 2.05) is 60.7 Å². The van der Waals surface area contributed by atoms with E-state index in [2.05, 4.69) is 20.5 Å². The summed E-state index contributed by atoms with van der Waals surface area (Å²) in [4.78, 5) is 34.4. The average Bonchev–Trinajstić information content (AvgIpc) is 3.44. The van der Waals surface area contributed by atoms with Crippen LogP contribution in [0.4, 0.5) is 5.13 Å². The van der Waals surface area contributed by atoms with Crippen LogP contribution in [0, 0.1) is 0 Å². The summed E-state index contributed by atoms with van der Waals surface area (Å²) in [5.41, 5.74) is 5.16. The number of rotatable bonds is 7. The molecule has 0 bridgehead atoms. The second-order valence-corrected chi connectivity index (χ2v) is 10.2. The average molecular weight is 551 g/mol. The van der Waals surface area contributed by atoms with E-state index < -0.39 is 5.91 Å². The molecule has 1 aliphatic rings. The fourth-order valence-corrected chi connectivity index (χ4v) is 5.58. The molecule has 40 heavy (non-hydrogen) atoms. The number of nitrogens with zero attached hydrogens (tertiary/aromatic N) is 5. The molecule has 5 aromatic rings. The molecule has 1 aliphatic heterocycles. The number of hydrazone groups is 1. The SMILES string of the molecule is O=C(N/N=C\c1sc(N2CCOCC2)nc1-c1ccccc1)c1nn(Cc2ccccc2)c(=O)c2ccccc12. The maximum absolute atomic E-state index is 13.3. The maximum Gasteiger partial charge on any atom is 0.292 e. The number of hydrogen-bond acceptors (Lipinski definition) is 8. The molecule has 2 aromatic heterocycles. The van der Waals surface area contributed by atoms with Crippen molar-refractivity contribution in [2.24, 2.45) is 5.10 Å². The number of thiazole rings is 1. The summed E-state index contributed by atoms with van der Waals surface area (Å²) in [5.74, 6) is -0.506. The van der Waals surface area contributed by atoms with Crippen molar-refractivity contribution >= 4 is 39.4 Å². The van der Waals surface area contributed by atoms with Crippen molar-refractivity contribution in [3.8, 4) is 11.3 Å². The molecule has 0 unspecified atom stereocenters. The molecule has 1 amide bonds. The predicted octanol–water partition coefficient (Wildman–Crippen LogP) is 4.17. The molecular weight excluding hydrogens is 524 g/mol. The molecule has 0 radical (unpaired) electrons. The van der Waals surface area contributed by atoms with E-state index in [0.717, 1.165) is 39.9 Å². The first-order valence-corrected chi connectivity index (χ1v) is 13.7. The summed E-state index contributed by atoms with van der Waals surface area (Å²) in [6, 6.07) is 26.4. The highest BCUT2D eigenvalue weighted by Gasteiger charge is 2.20. The fourth-order valence-electron chi connectivity index (χ4n) is 4.57. The number of amides is 1. The van der Waals surface area contributed by atoms with Crippen LogP contribution in [-0.4, -0.2) is 53.2 Å². The molecule has 0 atom stereocenters. The van der Waals surface area contributed by atoms with Crippen molar-refractivity contribution in [3.05, 3.63) is 111 Å². The number of hydrogen-bond donors (Lipinski definition) is 1. The molecule has 0 spiro atoms. The molecule has 1 saturated heterocycles. The zero-order valence-corrected chi connectivity index (χ0v) is 22.4. The zero-order chi connectivity index (χ0) is 27.3. The second-order valence-electron chi connectivity index (χ2n) is 9.22. The van der Waals surface area contributed by atoms with Gasteiger partial charge < -0.3 is 9.64 Å². The van der Waals surface area contributed by atoms with E-state index in [0.29, 0.717) is 24.0 Å². The first-order valence-electron chi connectivity index (χ1n) is 12.9. The van der Waals surface area contributed by atoms with Crippen molar-refractivity contribution in [1.82, 2.24) is 20.2 Å². The van der Waals surface area contributed by atoms with Crippen LogP contribution in [0.25, 0.3) is 22.0 Å². The summed E-state index contributed by atoms with van der Waals surface area (Å²) >= 11 is 1.51. The molecule has 1 fully saturated rings. The normalized spacial score (nSPS) is 13.7. The summed E-state index contributed by atoms with van der Waals surface area (Å²) in [6.45, 7) is 3.11. The van der Waals surface area contributed by atoms with Gasteiger partial charge in [0.05, 0.1) is 41.9 Å². The zero-order valence-electron chi connectivity index (χ0n) is 21.6. The first-order chi connectivity index (χ1) is 19.7. The Balaban J connectivity index is 1.30. The lowest BCUT2D eigenvalue weighted by atomic mass is 10.1. The van der Waals surface area contributed by atoms with Gasteiger partial charge in [0.15, 0.2) is 10.8 Å². The van der Waals surface area contributed by atoms with Crippen LogP contribution in [-0.2, 0) is 11.3 Å². The third kappa shape index (κ3) is 5.40. The molecule has 3 heterocycles. The van der Waals surface area contributed by atoms with Crippen molar-refractivity contribution in [2.45, 2.75) is 6.54 Å². The number of anilines is 1. The van der Waals surface area contributed by atoms with Gasteiger partial charge >= 0.3 is 0 Å². The summed E-state index contributed by atoms with van der Waals surface area (Å²) < 4.78 is 6.81. The number of carbonyl (C=O) groups excluding carboxylic acids is 1. The van der Waals surface area contributed by atoms with E-state index in [1.165, 1.54) is 16.0 Å². The van der Waals surface area contributed by atoms with Crippen molar-refractivity contribution in [3.63, 3.8) is 0 Å². The van der Waals surface area contributed by atoms with Gasteiger partial charge in [0.2, 0.25) is 0 Å². The monoisotopic (exact) mass is 550 g/mol. The van der Waals surface area contributed by atoms with Crippen LogP contribution in [0.5, 0.6) is 0 Å². The van der Waals surface area contributed by atoms with Gasteiger partial charge in [0.1, 0.15) is 0 Å². The number of morpholine rings is 1. The van der Waals surface area contributed by atoms with Crippen molar-refractivity contribution < 1.29 is 9.53 Å². The minimum Gasteiger partial charge on any atom is -0.378 e. The number of fused-ring (bicyclic) bond motifs is 1. The van der Waals surface area contributed by atoms with Crippen LogP contribution >= 0.6 is 11.3 Å². The van der Waals surface area contributed by atoms with Gasteiger partial charge in [-0.2, -0.15) is 10.2 Å². The Bertz CT molecular complexity index is 1730. The van der Waals surface area contributed by atoms with E-state index in [9.17, 15) is 9.59 Å². The molecule has 1 N–H and O–H groups in total. The third-order valence-electron chi connectivity index (χ3n) is 6.58. The highest BCUT2D eigenvalue weighted by Crippen LogP contribution is 2.32. The topological polar surface area (TPSA) is 102 Å². The first kappa shape index (κ1) is 25.6. The van der Waals surface area contributed by atoms with Crippen molar-refractivity contribution in [2.75, 3.05) is 31.2 Å². The number of nitrogens with one attached hydrogen (secondary N) is 1. The Morgan fingerprint density at radius 3 is 2.38 bits per heavy atom. The molecule has 3 aromatic carbocycles. The maximum atomic E-state index is 13.3. The largest absolute Gasteiger partial charge is 0.378 e. The lowest BCUT2D eigenvalue weighted by Gasteiger charge is -2.26. The highest BCUT2D eigenvalue weighted by molar-refractivity contribution is 7.17. The minimum atomic E-state index is -0.506. The lowest BCUT2D eigenvalue weighted by Crippen LogP contribution is -2.36. The summed E-state index contributed by atoms with van der Waals surface area (Å²) in [7, 11) is 0. The van der Waals surface area contributed by atoms with Gasteiger partial charge in [0.25, 0.3) is 11.5 Å². The fraction of sp³-hybridized carbons (Fsp3) is 0.167. The Hall–Kier alpha value is -4.67. The van der Waals surface area contributed by atoms with Gasteiger partial charge in [-0.25, -0.2) is 15.1 Å². The van der Waals surface area contributed by atoms with Crippen LogP contribution in [0.3, 0.4) is 0 Å². The van der Waals surface area contributed by atoms with E-state index >= 15 is 0 Å². The van der Waals surface area contributed by atoms with Gasteiger partial charge in [-0.15, -0.1) is 0 Å². The minimum absolute atomic E-state index is 0.130. The molecule has 0 aliphatic carbocycles. The van der Waals surface area contributed by atoms with Crippen LogP contribution in [0.2, 0.25) is 0 Å². The second kappa shape index (κ2) is 11.6. The van der Waals surface area contributed by atoms with Gasteiger partial charge in [-0.3, -0.25) is 9.59 Å². The Morgan fingerprint density at radius 2 is 1.62 bits per heavy atom. The van der Waals surface area contributed by atoms with E-state index in [4.69, 9.17) is 9.72 Å². The summed E-state index contributed by atoms with van der Waals surface area (Å²) in [6.07, 6.45) is 1.62. The van der Waals surface area contributed by atoms with E-state index in [-0.39, 0.29) is 17.8 Å². The number of benzene rings is 3. The Labute approximate surface area is 234 Å². The van der Waals surface area contributed by atoms with Gasteiger partial charge in [-0.1, -0.05) is 90.2 Å². The smallest absolute Gasteiger partial charge is 0.292 e. The predicted molar refractivity (Wildman–Crippen MR) is 157 cm³/mol. The molecular formula is C30H26N6O3S.